The van der Waals surface area contributed by atoms with Gasteiger partial charge in [0.05, 0.1) is 16.7 Å². The normalized spacial score (nSPS) is 16.5. The van der Waals surface area contributed by atoms with Crippen molar-refractivity contribution in [2.45, 2.75) is 26.2 Å². The summed E-state index contributed by atoms with van der Waals surface area (Å²) in [4.78, 5) is 10.8. The molecular weight excluding hydrogens is 727 g/mol. The molecule has 0 fully saturated rings. The molecule has 8 aromatic rings. The molecule has 0 radical (unpaired) electrons. The van der Waals surface area contributed by atoms with Gasteiger partial charge in [0.25, 0.3) is 0 Å². The Kier molecular flexibility index (Phi) is 8.63. The van der Waals surface area contributed by atoms with E-state index >= 15 is 0 Å². The zero-order valence-corrected chi connectivity index (χ0v) is 33.7. The zero-order chi connectivity index (χ0) is 40.3. The maximum absolute atomic E-state index is 5.48. The van der Waals surface area contributed by atoms with Gasteiger partial charge in [0.15, 0.2) is 5.82 Å². The average Bonchev–Trinajstić information content (AvgIpc) is 3.72. The molecule has 0 saturated heterocycles. The van der Waals surface area contributed by atoms with Crippen LogP contribution in [0.1, 0.15) is 41.2 Å². The lowest BCUT2D eigenvalue weighted by Gasteiger charge is -2.30. The van der Waals surface area contributed by atoms with Crippen molar-refractivity contribution in [1.82, 2.24) is 14.5 Å². The topological polar surface area (TPSA) is 30.7 Å². The molecule has 0 N–H and O–H groups in total. The van der Waals surface area contributed by atoms with Gasteiger partial charge in [-0.25, -0.2) is 9.97 Å². The van der Waals surface area contributed by atoms with Crippen molar-refractivity contribution in [2.75, 3.05) is 0 Å². The third kappa shape index (κ3) is 5.88. The first-order valence-corrected chi connectivity index (χ1v) is 20.9. The molecule has 60 heavy (non-hydrogen) atoms. The largest absolute Gasteiger partial charge is 0.293 e. The molecule has 0 amide bonds. The summed E-state index contributed by atoms with van der Waals surface area (Å²) in [6.45, 7) is 11.2. The lowest BCUT2D eigenvalue weighted by molar-refractivity contribution is 0.820. The number of hydrogen-bond donors (Lipinski definition) is 0. The highest BCUT2D eigenvalue weighted by atomic mass is 15.1. The quantitative estimate of drug-likeness (QED) is 0.158. The van der Waals surface area contributed by atoms with Crippen molar-refractivity contribution >= 4 is 38.5 Å². The van der Waals surface area contributed by atoms with Gasteiger partial charge < -0.3 is 0 Å². The van der Waals surface area contributed by atoms with Gasteiger partial charge in [0.2, 0.25) is 0 Å². The second-order valence-corrected chi connectivity index (χ2v) is 16.2. The van der Waals surface area contributed by atoms with Gasteiger partial charge in [-0.1, -0.05) is 177 Å². The Balaban J connectivity index is 1.12. The van der Waals surface area contributed by atoms with Gasteiger partial charge in [-0.3, -0.25) is 4.57 Å². The fraction of sp³-hybridized carbons (Fsp3) is 0.0877. The fourth-order valence-electron chi connectivity index (χ4n) is 9.75. The van der Waals surface area contributed by atoms with Crippen LogP contribution in [0, 0.1) is 5.92 Å². The molecule has 6 aromatic carbocycles. The molecule has 2 heterocycles. The monoisotopic (exact) mass is 769 g/mol. The van der Waals surface area contributed by atoms with Crippen molar-refractivity contribution in [3.63, 3.8) is 0 Å². The average molecular weight is 770 g/mol. The summed E-state index contributed by atoms with van der Waals surface area (Å²) in [5.74, 6) is 1.74. The predicted octanol–water partition coefficient (Wildman–Crippen LogP) is 14.2. The Morgan fingerprint density at radius 2 is 1.42 bits per heavy atom. The Labute approximate surface area is 351 Å². The number of aromatic nitrogens is 3. The van der Waals surface area contributed by atoms with Gasteiger partial charge in [-0.2, -0.15) is 0 Å². The Bertz CT molecular complexity index is 3220. The van der Waals surface area contributed by atoms with E-state index in [0.717, 1.165) is 75.2 Å². The van der Waals surface area contributed by atoms with Crippen LogP contribution in [-0.4, -0.2) is 14.5 Å². The minimum absolute atomic E-state index is 0.207. The van der Waals surface area contributed by atoms with Crippen molar-refractivity contribution in [1.29, 1.82) is 0 Å². The van der Waals surface area contributed by atoms with Gasteiger partial charge in [0, 0.05) is 39.4 Å². The van der Waals surface area contributed by atoms with E-state index < -0.39 is 0 Å². The Hall–Kier alpha value is -7.36. The lowest BCUT2D eigenvalue weighted by Crippen LogP contribution is -2.14. The summed E-state index contributed by atoms with van der Waals surface area (Å²) >= 11 is 0. The molecule has 2 aromatic heterocycles. The fourth-order valence-corrected chi connectivity index (χ4v) is 9.75. The highest BCUT2D eigenvalue weighted by Gasteiger charge is 2.27. The third-order valence-electron chi connectivity index (χ3n) is 12.7. The molecular formula is C57H43N3. The number of nitrogens with zero attached hydrogens (tertiary/aromatic N) is 3. The van der Waals surface area contributed by atoms with E-state index in [1.807, 2.05) is 6.08 Å². The Morgan fingerprint density at radius 1 is 0.650 bits per heavy atom. The first-order chi connectivity index (χ1) is 29.5. The van der Waals surface area contributed by atoms with Crippen LogP contribution in [-0.2, 0) is 12.8 Å². The predicted molar refractivity (Wildman–Crippen MR) is 252 cm³/mol. The molecule has 286 valence electrons. The van der Waals surface area contributed by atoms with Crippen molar-refractivity contribution in [2.24, 2.45) is 5.92 Å². The summed E-state index contributed by atoms with van der Waals surface area (Å²) in [5.41, 5.74) is 20.1. The van der Waals surface area contributed by atoms with Crippen LogP contribution >= 0.6 is 0 Å². The maximum atomic E-state index is 5.48. The Morgan fingerprint density at radius 3 is 2.32 bits per heavy atom. The van der Waals surface area contributed by atoms with E-state index in [1.54, 1.807) is 0 Å². The van der Waals surface area contributed by atoms with Crippen molar-refractivity contribution in [3.05, 3.63) is 228 Å². The number of fused-ring (bicyclic) bond motifs is 6. The molecule has 3 nitrogen and oxygen atoms in total. The number of para-hydroxylation sites is 2. The van der Waals surface area contributed by atoms with Gasteiger partial charge in [-0.05, 0) is 93.1 Å². The van der Waals surface area contributed by atoms with Crippen LogP contribution in [0.15, 0.2) is 200 Å². The first kappa shape index (κ1) is 35.8. The van der Waals surface area contributed by atoms with E-state index in [0.29, 0.717) is 5.82 Å². The number of rotatable bonds is 6. The summed E-state index contributed by atoms with van der Waals surface area (Å²) in [6, 6.07) is 52.5. The minimum Gasteiger partial charge on any atom is -0.293 e. The van der Waals surface area contributed by atoms with Gasteiger partial charge >= 0.3 is 0 Å². The minimum atomic E-state index is 0.207. The summed E-state index contributed by atoms with van der Waals surface area (Å²) < 4.78 is 2.35. The van der Waals surface area contributed by atoms with Crippen LogP contribution in [0.25, 0.3) is 78.1 Å². The van der Waals surface area contributed by atoms with E-state index in [2.05, 4.69) is 195 Å². The molecule has 3 heteroatoms. The molecule has 0 bridgehead atoms. The SMILES string of the molecule is C=C/C(=C1/c2ccccc2CC(=C)C1C)c1cccc(-c2cccc3c4ccccc4n(-c4cc(-c5ccccc5)nc(-c5ccc6c(c5)CC5=C6C=CCC=C5)n4)c23)c1. The van der Waals surface area contributed by atoms with Crippen LogP contribution in [0.3, 0.4) is 0 Å². The molecule has 11 rings (SSSR count). The van der Waals surface area contributed by atoms with Gasteiger partial charge in [-0.15, -0.1) is 0 Å². The van der Waals surface area contributed by atoms with E-state index in [9.17, 15) is 0 Å². The van der Waals surface area contributed by atoms with E-state index in [4.69, 9.17) is 9.97 Å². The van der Waals surface area contributed by atoms with E-state index in [-0.39, 0.29) is 5.92 Å². The summed E-state index contributed by atoms with van der Waals surface area (Å²) in [5, 5.41) is 2.35. The molecule has 1 atom stereocenters. The standard InChI is InChI=1S/C57H43N3/c1-4-45(55-37(3)36(2)31-39-20-11-12-24-48(39)55)40-21-15-22-42(32-40)49-26-16-27-51-50-25-13-14-28-53(50)60(56(49)51)54-35-52(38-17-7-5-8-18-38)58-57(59-54)43-29-30-47-44(34-43)33-41-19-9-6-10-23-46(41)47/h4-5,7-30,32,34-35,37H,1-2,6,31,33H2,3H3/b55-45-. The third-order valence-corrected chi connectivity index (χ3v) is 12.7. The van der Waals surface area contributed by atoms with Crippen LogP contribution < -0.4 is 0 Å². The van der Waals surface area contributed by atoms with Crippen LogP contribution in [0.5, 0.6) is 0 Å². The summed E-state index contributed by atoms with van der Waals surface area (Å²) in [6.07, 6.45) is 13.9. The number of hydrogen-bond acceptors (Lipinski definition) is 2. The second kappa shape index (κ2) is 14.5. The molecule has 3 aliphatic rings. The van der Waals surface area contributed by atoms with Crippen molar-refractivity contribution in [3.8, 4) is 39.6 Å². The van der Waals surface area contributed by atoms with E-state index in [1.165, 1.54) is 55.3 Å². The molecule has 0 spiro atoms. The van der Waals surface area contributed by atoms with Crippen LogP contribution in [0.4, 0.5) is 0 Å². The number of allylic oxidation sites excluding steroid dienone is 10. The highest BCUT2D eigenvalue weighted by Crippen LogP contribution is 2.45. The smallest absolute Gasteiger partial charge is 0.162 e. The highest BCUT2D eigenvalue weighted by molar-refractivity contribution is 6.14. The first-order valence-electron chi connectivity index (χ1n) is 20.9. The summed E-state index contributed by atoms with van der Waals surface area (Å²) in [7, 11) is 0. The molecule has 0 saturated carbocycles. The van der Waals surface area contributed by atoms with Crippen LogP contribution in [0.2, 0.25) is 0 Å². The molecule has 3 aliphatic carbocycles. The van der Waals surface area contributed by atoms with Crippen molar-refractivity contribution < 1.29 is 0 Å². The maximum Gasteiger partial charge on any atom is 0.162 e. The molecule has 1 unspecified atom stereocenters. The van der Waals surface area contributed by atoms with Gasteiger partial charge in [0.1, 0.15) is 5.82 Å². The second-order valence-electron chi connectivity index (χ2n) is 16.2. The zero-order valence-electron chi connectivity index (χ0n) is 33.7. The molecule has 0 aliphatic heterocycles. The number of benzene rings is 6. The lowest BCUT2D eigenvalue weighted by atomic mass is 9.74.